The molecule has 0 aliphatic carbocycles. The third-order valence-corrected chi connectivity index (χ3v) is 4.27. The maximum atomic E-state index is 12.6. The van der Waals surface area contributed by atoms with Gasteiger partial charge in [0.25, 0.3) is 5.91 Å². The van der Waals surface area contributed by atoms with Crippen molar-refractivity contribution in [3.63, 3.8) is 0 Å². The Hall–Kier alpha value is -3.35. The summed E-state index contributed by atoms with van der Waals surface area (Å²) in [5, 5.41) is 2.88. The molecular formula is C23H27NO6. The second-order valence-corrected chi connectivity index (χ2v) is 6.59. The van der Waals surface area contributed by atoms with Crippen molar-refractivity contribution in [2.24, 2.45) is 0 Å². The molecule has 2 aromatic carbocycles. The van der Waals surface area contributed by atoms with Crippen LogP contribution in [0.1, 0.15) is 60.0 Å². The molecular weight excluding hydrogens is 386 g/mol. The molecule has 2 atom stereocenters. The van der Waals surface area contributed by atoms with E-state index in [1.54, 1.807) is 20.8 Å². The first-order valence-electron chi connectivity index (χ1n) is 9.87. The summed E-state index contributed by atoms with van der Waals surface area (Å²) < 4.78 is 15.7. The molecule has 2 unspecified atom stereocenters. The van der Waals surface area contributed by atoms with Crippen LogP contribution in [0, 0.1) is 0 Å². The van der Waals surface area contributed by atoms with Gasteiger partial charge in [0, 0.05) is 0 Å². The molecule has 1 N–H and O–H groups in total. The highest BCUT2D eigenvalue weighted by Gasteiger charge is 2.20. The Morgan fingerprint density at radius 1 is 0.867 bits per heavy atom. The number of rotatable bonds is 9. The largest absolute Gasteiger partial charge is 0.481 e. The molecule has 1 amide bonds. The molecule has 2 rings (SSSR count). The van der Waals surface area contributed by atoms with Crippen molar-refractivity contribution < 1.29 is 28.6 Å². The van der Waals surface area contributed by atoms with Crippen LogP contribution in [-0.2, 0) is 14.3 Å². The first-order valence-corrected chi connectivity index (χ1v) is 9.87. The molecule has 0 saturated carbocycles. The first-order chi connectivity index (χ1) is 14.3. The molecule has 0 heterocycles. The molecule has 0 radical (unpaired) electrons. The molecule has 0 aliphatic rings. The van der Waals surface area contributed by atoms with Gasteiger partial charge in [-0.15, -0.1) is 0 Å². The SMILES string of the molecule is CCOC(=O)c1cc(OC(C)C(=O)NC(C)c2ccccc2)cc(C(=O)OCC)c1. The molecule has 7 nitrogen and oxygen atoms in total. The van der Waals surface area contributed by atoms with Crippen LogP contribution in [-0.4, -0.2) is 37.2 Å². The molecule has 0 aromatic heterocycles. The lowest BCUT2D eigenvalue weighted by molar-refractivity contribution is -0.127. The lowest BCUT2D eigenvalue weighted by atomic mass is 10.1. The summed E-state index contributed by atoms with van der Waals surface area (Å²) in [4.78, 5) is 36.8. The van der Waals surface area contributed by atoms with E-state index in [4.69, 9.17) is 14.2 Å². The molecule has 160 valence electrons. The number of amides is 1. The Balaban J connectivity index is 2.17. The molecule has 0 aliphatic heterocycles. The predicted molar refractivity (Wildman–Crippen MR) is 111 cm³/mol. The van der Waals surface area contributed by atoms with Crippen LogP contribution in [0.25, 0.3) is 0 Å². The monoisotopic (exact) mass is 413 g/mol. The molecule has 2 aromatic rings. The summed E-state index contributed by atoms with van der Waals surface area (Å²) in [5.41, 5.74) is 1.25. The average Bonchev–Trinajstić information content (AvgIpc) is 2.74. The third kappa shape index (κ3) is 6.34. The van der Waals surface area contributed by atoms with E-state index >= 15 is 0 Å². The Kier molecular flexibility index (Phi) is 8.41. The maximum Gasteiger partial charge on any atom is 0.338 e. The second-order valence-electron chi connectivity index (χ2n) is 6.59. The summed E-state index contributed by atoms with van der Waals surface area (Å²) in [6, 6.07) is 13.6. The van der Waals surface area contributed by atoms with Gasteiger partial charge in [0.2, 0.25) is 0 Å². The van der Waals surface area contributed by atoms with Crippen molar-refractivity contribution in [2.75, 3.05) is 13.2 Å². The van der Waals surface area contributed by atoms with E-state index < -0.39 is 18.0 Å². The zero-order valence-corrected chi connectivity index (χ0v) is 17.6. The van der Waals surface area contributed by atoms with Gasteiger partial charge in [-0.1, -0.05) is 30.3 Å². The fraction of sp³-hybridized carbons (Fsp3) is 0.348. The number of hydrogen-bond acceptors (Lipinski definition) is 6. The van der Waals surface area contributed by atoms with Crippen molar-refractivity contribution in [1.82, 2.24) is 5.32 Å². The van der Waals surface area contributed by atoms with Crippen molar-refractivity contribution in [1.29, 1.82) is 0 Å². The molecule has 0 bridgehead atoms. The quantitative estimate of drug-likeness (QED) is 0.631. The van der Waals surface area contributed by atoms with Crippen molar-refractivity contribution in [2.45, 2.75) is 39.8 Å². The van der Waals surface area contributed by atoms with Gasteiger partial charge in [0.1, 0.15) is 5.75 Å². The van der Waals surface area contributed by atoms with E-state index in [0.29, 0.717) is 0 Å². The van der Waals surface area contributed by atoms with E-state index in [0.717, 1.165) is 5.56 Å². The van der Waals surface area contributed by atoms with Gasteiger partial charge in [-0.05, 0) is 51.5 Å². The van der Waals surface area contributed by atoms with Gasteiger partial charge in [-0.2, -0.15) is 0 Å². The van der Waals surface area contributed by atoms with Crippen LogP contribution < -0.4 is 10.1 Å². The summed E-state index contributed by atoms with van der Waals surface area (Å²) in [5.74, 6) is -1.32. The highest BCUT2D eigenvalue weighted by atomic mass is 16.5. The number of ether oxygens (including phenoxy) is 3. The lowest BCUT2D eigenvalue weighted by Gasteiger charge is -2.19. The Labute approximate surface area is 176 Å². The fourth-order valence-corrected chi connectivity index (χ4v) is 2.75. The van der Waals surface area contributed by atoms with E-state index in [9.17, 15) is 14.4 Å². The predicted octanol–water partition coefficient (Wildman–Crippen LogP) is 3.68. The Morgan fingerprint density at radius 3 is 1.90 bits per heavy atom. The van der Waals surface area contributed by atoms with Crippen molar-refractivity contribution >= 4 is 17.8 Å². The topological polar surface area (TPSA) is 90.9 Å². The van der Waals surface area contributed by atoms with E-state index in [1.165, 1.54) is 18.2 Å². The number of nitrogens with one attached hydrogen (secondary N) is 1. The Morgan fingerprint density at radius 2 is 1.40 bits per heavy atom. The zero-order valence-electron chi connectivity index (χ0n) is 17.6. The summed E-state index contributed by atoms with van der Waals surface area (Å²) in [6.07, 6.45) is -0.858. The first kappa shape index (κ1) is 22.9. The zero-order chi connectivity index (χ0) is 22.1. The minimum atomic E-state index is -0.858. The van der Waals surface area contributed by atoms with Crippen LogP contribution in [0.5, 0.6) is 5.75 Å². The fourth-order valence-electron chi connectivity index (χ4n) is 2.75. The molecule has 0 fully saturated rings. The van der Waals surface area contributed by atoms with Crippen molar-refractivity contribution in [3.8, 4) is 5.75 Å². The third-order valence-electron chi connectivity index (χ3n) is 4.27. The highest BCUT2D eigenvalue weighted by Crippen LogP contribution is 2.21. The summed E-state index contributed by atoms with van der Waals surface area (Å²) in [6.45, 7) is 7.22. The van der Waals surface area contributed by atoms with Gasteiger partial charge in [-0.25, -0.2) is 9.59 Å². The van der Waals surface area contributed by atoms with E-state index in [2.05, 4.69) is 5.32 Å². The highest BCUT2D eigenvalue weighted by molar-refractivity contribution is 5.96. The van der Waals surface area contributed by atoms with Gasteiger partial charge in [0.05, 0.1) is 30.4 Å². The Bertz CT molecular complexity index is 844. The molecule has 7 heteroatoms. The van der Waals surface area contributed by atoms with Gasteiger partial charge in [-0.3, -0.25) is 4.79 Å². The molecule has 30 heavy (non-hydrogen) atoms. The summed E-state index contributed by atoms with van der Waals surface area (Å²) in [7, 11) is 0. The number of esters is 2. The van der Waals surface area contributed by atoms with E-state index in [1.807, 2.05) is 37.3 Å². The number of hydrogen-bond donors (Lipinski definition) is 1. The van der Waals surface area contributed by atoms with Gasteiger partial charge < -0.3 is 19.5 Å². The van der Waals surface area contributed by atoms with Crippen LogP contribution in [0.15, 0.2) is 48.5 Å². The van der Waals surface area contributed by atoms with Crippen molar-refractivity contribution in [3.05, 3.63) is 65.2 Å². The normalized spacial score (nSPS) is 12.4. The standard InChI is InChI=1S/C23H27NO6/c1-5-28-22(26)18-12-19(23(27)29-6-2)14-20(13-18)30-16(4)21(25)24-15(3)17-10-8-7-9-11-17/h7-16H,5-6H2,1-4H3,(H,24,25). The smallest absolute Gasteiger partial charge is 0.338 e. The van der Waals surface area contributed by atoms with Gasteiger partial charge in [0.15, 0.2) is 6.10 Å². The van der Waals surface area contributed by atoms with Crippen LogP contribution in [0.4, 0.5) is 0 Å². The summed E-state index contributed by atoms with van der Waals surface area (Å²) >= 11 is 0. The minimum Gasteiger partial charge on any atom is -0.481 e. The minimum absolute atomic E-state index is 0.141. The van der Waals surface area contributed by atoms with Crippen LogP contribution in [0.2, 0.25) is 0 Å². The second kappa shape index (κ2) is 11.0. The van der Waals surface area contributed by atoms with E-state index in [-0.39, 0.29) is 42.0 Å². The average molecular weight is 413 g/mol. The molecule has 0 saturated heterocycles. The number of carbonyl (C=O) groups excluding carboxylic acids is 3. The van der Waals surface area contributed by atoms with Crippen LogP contribution in [0.3, 0.4) is 0 Å². The van der Waals surface area contributed by atoms with Gasteiger partial charge >= 0.3 is 11.9 Å². The maximum absolute atomic E-state index is 12.6. The molecule has 0 spiro atoms. The number of carbonyl (C=O) groups is 3. The number of benzene rings is 2. The van der Waals surface area contributed by atoms with Crippen LogP contribution >= 0.6 is 0 Å². The lowest BCUT2D eigenvalue weighted by Crippen LogP contribution is -2.37.